The number of hydrogen-bond acceptors (Lipinski definition) is 3. The van der Waals surface area contributed by atoms with Crippen LogP contribution in [-0.4, -0.2) is 24.2 Å². The number of hydrogen-bond donors (Lipinski definition) is 1. The van der Waals surface area contributed by atoms with Gasteiger partial charge in [0.25, 0.3) is 0 Å². The molecular formula is C14H20N2O2. The zero-order valence-corrected chi connectivity index (χ0v) is 11.4. The summed E-state index contributed by atoms with van der Waals surface area (Å²) in [5.74, 6) is 3.15. The fraction of sp³-hybridized carbons (Fsp3) is 0.500. The van der Waals surface area contributed by atoms with Crippen LogP contribution in [0.4, 0.5) is 0 Å². The van der Waals surface area contributed by atoms with Crippen molar-refractivity contribution in [2.75, 3.05) is 14.2 Å². The molecule has 18 heavy (non-hydrogen) atoms. The predicted molar refractivity (Wildman–Crippen MR) is 72.4 cm³/mol. The van der Waals surface area contributed by atoms with Gasteiger partial charge in [-0.05, 0) is 12.3 Å². The van der Waals surface area contributed by atoms with Gasteiger partial charge in [-0.2, -0.15) is 0 Å². The second-order valence-electron chi connectivity index (χ2n) is 4.84. The number of aromatic nitrogens is 2. The topological polar surface area (TPSA) is 47.1 Å². The molecule has 4 nitrogen and oxygen atoms in total. The maximum Gasteiger partial charge on any atom is 0.163 e. The van der Waals surface area contributed by atoms with Gasteiger partial charge in [-0.25, -0.2) is 4.98 Å². The van der Waals surface area contributed by atoms with Crippen LogP contribution in [0.1, 0.15) is 26.1 Å². The molecule has 0 aliphatic rings. The van der Waals surface area contributed by atoms with Crippen LogP contribution in [-0.2, 0) is 6.42 Å². The van der Waals surface area contributed by atoms with Crippen molar-refractivity contribution in [1.29, 1.82) is 0 Å². The van der Waals surface area contributed by atoms with Crippen LogP contribution in [0.25, 0.3) is 11.0 Å². The number of rotatable bonds is 5. The molecule has 0 bridgehead atoms. The Balaban J connectivity index is 2.32. The van der Waals surface area contributed by atoms with Gasteiger partial charge in [-0.15, -0.1) is 0 Å². The fourth-order valence-corrected chi connectivity index (χ4v) is 1.93. The average molecular weight is 248 g/mol. The molecule has 0 unspecified atom stereocenters. The van der Waals surface area contributed by atoms with Crippen LogP contribution in [0.3, 0.4) is 0 Å². The number of aryl methyl sites for hydroxylation is 1. The summed E-state index contributed by atoms with van der Waals surface area (Å²) in [5.41, 5.74) is 1.91. The Morgan fingerprint density at radius 3 is 2.44 bits per heavy atom. The second kappa shape index (κ2) is 5.29. The van der Waals surface area contributed by atoms with E-state index in [0.29, 0.717) is 11.7 Å². The number of benzene rings is 1. The first-order valence-corrected chi connectivity index (χ1v) is 6.24. The van der Waals surface area contributed by atoms with E-state index in [0.717, 1.165) is 35.4 Å². The Labute approximate surface area is 107 Å². The first-order chi connectivity index (χ1) is 8.63. The van der Waals surface area contributed by atoms with Crippen LogP contribution in [0.2, 0.25) is 0 Å². The summed E-state index contributed by atoms with van der Waals surface area (Å²) < 4.78 is 10.6. The van der Waals surface area contributed by atoms with Crippen LogP contribution in [0.5, 0.6) is 11.5 Å². The van der Waals surface area contributed by atoms with Crippen molar-refractivity contribution in [1.82, 2.24) is 9.97 Å². The summed E-state index contributed by atoms with van der Waals surface area (Å²) in [6.45, 7) is 4.43. The third kappa shape index (κ3) is 2.58. The lowest BCUT2D eigenvalue weighted by molar-refractivity contribution is 0.356. The van der Waals surface area contributed by atoms with Crippen molar-refractivity contribution in [3.8, 4) is 11.5 Å². The Bertz CT molecular complexity index is 491. The quantitative estimate of drug-likeness (QED) is 0.884. The molecule has 0 aliphatic heterocycles. The number of imidazole rings is 1. The SMILES string of the molecule is COc1cc2nc(CCC(C)C)[nH]c2cc1OC. The van der Waals surface area contributed by atoms with E-state index in [1.807, 2.05) is 12.1 Å². The molecule has 1 aromatic carbocycles. The molecule has 0 saturated heterocycles. The highest BCUT2D eigenvalue weighted by Gasteiger charge is 2.10. The zero-order valence-electron chi connectivity index (χ0n) is 11.4. The lowest BCUT2D eigenvalue weighted by Gasteiger charge is -2.06. The molecule has 0 fully saturated rings. The van der Waals surface area contributed by atoms with Crippen LogP contribution in [0, 0.1) is 5.92 Å². The van der Waals surface area contributed by atoms with Crippen molar-refractivity contribution in [2.24, 2.45) is 5.92 Å². The van der Waals surface area contributed by atoms with E-state index in [1.54, 1.807) is 14.2 Å². The van der Waals surface area contributed by atoms with Gasteiger partial charge in [0.15, 0.2) is 11.5 Å². The van der Waals surface area contributed by atoms with Gasteiger partial charge >= 0.3 is 0 Å². The second-order valence-corrected chi connectivity index (χ2v) is 4.84. The first kappa shape index (κ1) is 12.7. The molecule has 2 aromatic rings. The summed E-state index contributed by atoms with van der Waals surface area (Å²) >= 11 is 0. The van der Waals surface area contributed by atoms with Gasteiger partial charge < -0.3 is 14.5 Å². The van der Waals surface area contributed by atoms with E-state index in [4.69, 9.17) is 9.47 Å². The average Bonchev–Trinajstić information content (AvgIpc) is 2.76. The molecule has 0 amide bonds. The number of nitrogens with zero attached hydrogens (tertiary/aromatic N) is 1. The minimum atomic E-state index is 0.683. The molecule has 0 saturated carbocycles. The van der Waals surface area contributed by atoms with E-state index < -0.39 is 0 Å². The van der Waals surface area contributed by atoms with Gasteiger partial charge in [0.2, 0.25) is 0 Å². The Morgan fingerprint density at radius 1 is 1.17 bits per heavy atom. The number of methoxy groups -OCH3 is 2. The number of nitrogens with one attached hydrogen (secondary N) is 1. The highest BCUT2D eigenvalue weighted by Crippen LogP contribution is 2.31. The van der Waals surface area contributed by atoms with Crippen LogP contribution >= 0.6 is 0 Å². The van der Waals surface area contributed by atoms with Crippen molar-refractivity contribution < 1.29 is 9.47 Å². The summed E-state index contributed by atoms with van der Waals surface area (Å²) in [7, 11) is 3.27. The molecule has 4 heteroatoms. The minimum Gasteiger partial charge on any atom is -0.493 e. The number of H-pyrrole nitrogens is 1. The maximum absolute atomic E-state index is 5.28. The summed E-state index contributed by atoms with van der Waals surface area (Å²) in [5, 5.41) is 0. The van der Waals surface area contributed by atoms with Gasteiger partial charge in [0.1, 0.15) is 5.82 Å². The molecule has 0 aliphatic carbocycles. The molecule has 0 atom stereocenters. The molecule has 1 heterocycles. The lowest BCUT2D eigenvalue weighted by Crippen LogP contribution is -1.93. The lowest BCUT2D eigenvalue weighted by atomic mass is 10.1. The molecule has 1 aromatic heterocycles. The van der Waals surface area contributed by atoms with Gasteiger partial charge in [0.05, 0.1) is 25.3 Å². The molecule has 0 radical (unpaired) electrons. The minimum absolute atomic E-state index is 0.683. The van der Waals surface area contributed by atoms with Crippen molar-refractivity contribution in [3.63, 3.8) is 0 Å². The van der Waals surface area contributed by atoms with Crippen LogP contribution < -0.4 is 9.47 Å². The highest BCUT2D eigenvalue weighted by atomic mass is 16.5. The Hall–Kier alpha value is -1.71. The largest absolute Gasteiger partial charge is 0.493 e. The highest BCUT2D eigenvalue weighted by molar-refractivity contribution is 5.79. The maximum atomic E-state index is 5.28. The van der Waals surface area contributed by atoms with Crippen molar-refractivity contribution >= 4 is 11.0 Å². The number of fused-ring (bicyclic) bond motifs is 1. The number of aromatic amines is 1. The standard InChI is InChI=1S/C14H20N2O2/c1-9(2)5-6-14-15-10-7-12(17-3)13(18-4)8-11(10)16-14/h7-9H,5-6H2,1-4H3,(H,15,16). The molecular weight excluding hydrogens is 228 g/mol. The van der Waals surface area contributed by atoms with E-state index in [2.05, 4.69) is 23.8 Å². The van der Waals surface area contributed by atoms with Gasteiger partial charge in [-0.3, -0.25) is 0 Å². The van der Waals surface area contributed by atoms with Crippen molar-refractivity contribution in [2.45, 2.75) is 26.7 Å². The predicted octanol–water partition coefficient (Wildman–Crippen LogP) is 3.17. The molecule has 2 rings (SSSR count). The first-order valence-electron chi connectivity index (χ1n) is 6.24. The van der Waals surface area contributed by atoms with Gasteiger partial charge in [-0.1, -0.05) is 13.8 Å². The summed E-state index contributed by atoms with van der Waals surface area (Å²) in [6, 6.07) is 3.84. The summed E-state index contributed by atoms with van der Waals surface area (Å²) in [4.78, 5) is 7.91. The van der Waals surface area contributed by atoms with E-state index >= 15 is 0 Å². The van der Waals surface area contributed by atoms with E-state index in [-0.39, 0.29) is 0 Å². The Kier molecular flexibility index (Phi) is 3.75. The third-order valence-corrected chi connectivity index (χ3v) is 2.99. The van der Waals surface area contributed by atoms with Crippen LogP contribution in [0.15, 0.2) is 12.1 Å². The fourth-order valence-electron chi connectivity index (χ4n) is 1.93. The molecule has 1 N–H and O–H groups in total. The van der Waals surface area contributed by atoms with Gasteiger partial charge in [0, 0.05) is 18.6 Å². The molecule has 98 valence electrons. The third-order valence-electron chi connectivity index (χ3n) is 2.99. The zero-order chi connectivity index (χ0) is 13.1. The van der Waals surface area contributed by atoms with E-state index in [1.165, 1.54) is 0 Å². The monoisotopic (exact) mass is 248 g/mol. The normalized spacial score (nSPS) is 11.2. The number of ether oxygens (including phenoxy) is 2. The van der Waals surface area contributed by atoms with Crippen molar-refractivity contribution in [3.05, 3.63) is 18.0 Å². The van der Waals surface area contributed by atoms with E-state index in [9.17, 15) is 0 Å². The summed E-state index contributed by atoms with van der Waals surface area (Å²) in [6.07, 6.45) is 2.10. The Morgan fingerprint density at radius 2 is 1.83 bits per heavy atom. The molecule has 0 spiro atoms. The smallest absolute Gasteiger partial charge is 0.163 e.